The molecule has 2 aliphatic rings. The zero-order valence-corrected chi connectivity index (χ0v) is 14.2. The number of aliphatic hydroxyl groups is 4. The van der Waals surface area contributed by atoms with Crippen molar-refractivity contribution in [3.63, 3.8) is 0 Å². The average Bonchev–Trinajstić information content (AvgIpc) is 2.91. The van der Waals surface area contributed by atoms with Gasteiger partial charge in [0, 0.05) is 13.0 Å². The summed E-state index contributed by atoms with van der Waals surface area (Å²) >= 11 is 0. The normalized spacial score (nSPS) is 30.4. The zero-order valence-electron chi connectivity index (χ0n) is 14.2. The van der Waals surface area contributed by atoms with Crippen LogP contribution in [-0.2, 0) is 9.53 Å². The summed E-state index contributed by atoms with van der Waals surface area (Å²) in [6, 6.07) is 5.01. The summed E-state index contributed by atoms with van der Waals surface area (Å²) in [5.41, 5.74) is 0.542. The van der Waals surface area contributed by atoms with E-state index in [1.165, 1.54) is 12.1 Å². The van der Waals surface area contributed by atoms with Crippen LogP contribution in [-0.4, -0.2) is 86.8 Å². The fraction of sp³-hybridized carbons (Fsp3) is 0.471. The molecule has 0 aromatic heterocycles. The maximum Gasteiger partial charge on any atom is 0.261 e. The topological polar surface area (TPSA) is 157 Å². The van der Waals surface area contributed by atoms with E-state index in [0.717, 1.165) is 4.90 Å². The first-order valence-electron chi connectivity index (χ1n) is 8.40. The number of nitrogens with one attached hydrogen (secondary N) is 1. The molecule has 27 heavy (non-hydrogen) atoms. The minimum atomic E-state index is -1.64. The zero-order chi connectivity index (χ0) is 19.7. The van der Waals surface area contributed by atoms with Crippen molar-refractivity contribution in [3.8, 4) is 0 Å². The van der Waals surface area contributed by atoms with E-state index in [1.807, 2.05) is 0 Å². The number of amides is 3. The lowest BCUT2D eigenvalue weighted by atomic mass is 9.97. The maximum atomic E-state index is 12.2. The quantitative estimate of drug-likeness (QED) is 0.354. The fourth-order valence-electron chi connectivity index (χ4n) is 3.17. The van der Waals surface area contributed by atoms with Crippen LogP contribution in [0, 0.1) is 0 Å². The lowest BCUT2D eigenvalue weighted by Crippen LogP contribution is -2.64. The van der Waals surface area contributed by atoms with E-state index in [-0.39, 0.29) is 24.1 Å². The van der Waals surface area contributed by atoms with Crippen LogP contribution in [0.2, 0.25) is 0 Å². The van der Waals surface area contributed by atoms with Gasteiger partial charge >= 0.3 is 0 Å². The van der Waals surface area contributed by atoms with Gasteiger partial charge in [-0.3, -0.25) is 19.3 Å². The number of imide groups is 1. The molecular weight excluding hydrogens is 360 g/mol. The number of rotatable bonds is 5. The number of ether oxygens (including phenoxy) is 1. The molecule has 1 aromatic carbocycles. The Kier molecular flexibility index (Phi) is 5.53. The Bertz CT molecular complexity index is 719. The van der Waals surface area contributed by atoms with Crippen molar-refractivity contribution in [2.75, 3.05) is 13.2 Å². The second kappa shape index (κ2) is 7.71. The predicted molar refractivity (Wildman–Crippen MR) is 88.3 cm³/mol. The third-order valence-electron chi connectivity index (χ3n) is 4.67. The molecule has 2 heterocycles. The second-order valence-corrected chi connectivity index (χ2v) is 6.38. The van der Waals surface area contributed by atoms with Gasteiger partial charge in [0.2, 0.25) is 5.91 Å². The van der Waals surface area contributed by atoms with Gasteiger partial charge in [-0.15, -0.1) is 0 Å². The summed E-state index contributed by atoms with van der Waals surface area (Å²) in [6.07, 6.45) is -6.14. The minimum Gasteiger partial charge on any atom is -0.394 e. The molecule has 0 saturated carbocycles. The van der Waals surface area contributed by atoms with Gasteiger partial charge in [0.25, 0.3) is 11.8 Å². The van der Waals surface area contributed by atoms with Crippen molar-refractivity contribution in [2.24, 2.45) is 0 Å². The Balaban J connectivity index is 1.58. The maximum absolute atomic E-state index is 12.2. The monoisotopic (exact) mass is 380 g/mol. The van der Waals surface area contributed by atoms with Crippen LogP contribution >= 0.6 is 0 Å². The molecule has 3 amide bonds. The van der Waals surface area contributed by atoms with Gasteiger partial charge in [-0.25, -0.2) is 0 Å². The van der Waals surface area contributed by atoms with Crippen LogP contribution in [0.15, 0.2) is 24.3 Å². The van der Waals surface area contributed by atoms with E-state index in [9.17, 15) is 29.7 Å². The number of hydrogen-bond donors (Lipinski definition) is 5. The molecule has 0 radical (unpaired) electrons. The number of aliphatic hydroxyl groups excluding tert-OH is 4. The summed E-state index contributed by atoms with van der Waals surface area (Å²) in [6.45, 7) is -0.796. The first-order valence-corrected chi connectivity index (χ1v) is 8.40. The molecule has 1 saturated heterocycles. The van der Waals surface area contributed by atoms with Gasteiger partial charge in [-0.2, -0.15) is 0 Å². The molecule has 3 rings (SSSR count). The van der Waals surface area contributed by atoms with Gasteiger partial charge in [-0.05, 0) is 12.1 Å². The van der Waals surface area contributed by atoms with E-state index in [0.29, 0.717) is 0 Å². The van der Waals surface area contributed by atoms with E-state index in [4.69, 9.17) is 9.84 Å². The van der Waals surface area contributed by atoms with E-state index in [1.54, 1.807) is 12.1 Å². The highest BCUT2D eigenvalue weighted by Gasteiger charge is 2.44. The Labute approximate surface area is 154 Å². The molecule has 1 fully saturated rings. The Morgan fingerprint density at radius 3 is 2.22 bits per heavy atom. The smallest absolute Gasteiger partial charge is 0.261 e. The molecule has 10 nitrogen and oxygen atoms in total. The molecule has 2 aliphatic heterocycles. The van der Waals surface area contributed by atoms with Crippen molar-refractivity contribution in [2.45, 2.75) is 37.1 Å². The number of hydrogen-bond acceptors (Lipinski definition) is 8. The molecular formula is C17H20N2O8. The Morgan fingerprint density at radius 1 is 1.07 bits per heavy atom. The number of nitrogens with zero attached hydrogens (tertiary/aromatic N) is 1. The summed E-state index contributed by atoms with van der Waals surface area (Å²) < 4.78 is 4.95. The highest BCUT2D eigenvalue weighted by Crippen LogP contribution is 2.23. The van der Waals surface area contributed by atoms with Gasteiger partial charge in [-0.1, -0.05) is 12.1 Å². The van der Waals surface area contributed by atoms with Crippen LogP contribution in [0.25, 0.3) is 0 Å². The lowest BCUT2D eigenvalue weighted by molar-refractivity contribution is -0.253. The first-order chi connectivity index (χ1) is 12.8. The van der Waals surface area contributed by atoms with E-state index in [2.05, 4.69) is 5.32 Å². The minimum absolute atomic E-state index is 0.181. The third-order valence-corrected chi connectivity index (χ3v) is 4.67. The average molecular weight is 380 g/mol. The number of carbonyl (C=O) groups excluding carboxylic acids is 3. The Hall–Kier alpha value is -2.37. The summed E-state index contributed by atoms with van der Waals surface area (Å²) in [4.78, 5) is 37.6. The highest BCUT2D eigenvalue weighted by atomic mass is 16.6. The molecule has 0 aliphatic carbocycles. The SMILES string of the molecule is O=C(CCN1C(=O)c2ccccc2C1=O)NC1C(O)OC(CO)C(O)C1O. The van der Waals surface area contributed by atoms with Gasteiger partial charge < -0.3 is 30.5 Å². The number of fused-ring (bicyclic) bond motifs is 1. The highest BCUT2D eigenvalue weighted by molar-refractivity contribution is 6.21. The molecule has 1 aromatic rings. The molecule has 146 valence electrons. The van der Waals surface area contributed by atoms with Crippen LogP contribution < -0.4 is 5.32 Å². The standard InChI is InChI=1S/C17H20N2O8/c20-7-10-13(22)14(23)12(17(26)27-10)18-11(21)5-6-19-15(24)8-3-1-2-4-9(8)16(19)25/h1-4,10,12-14,17,20,22-23,26H,5-7H2,(H,18,21). The number of benzene rings is 1. The Morgan fingerprint density at radius 2 is 1.67 bits per heavy atom. The summed E-state index contributed by atoms with van der Waals surface area (Å²) in [7, 11) is 0. The van der Waals surface area contributed by atoms with Gasteiger partial charge in [0.1, 0.15) is 24.4 Å². The van der Waals surface area contributed by atoms with Crippen LogP contribution in [0.4, 0.5) is 0 Å². The van der Waals surface area contributed by atoms with E-state index >= 15 is 0 Å². The molecule has 10 heteroatoms. The fourth-order valence-corrected chi connectivity index (χ4v) is 3.17. The number of carbonyl (C=O) groups is 3. The molecule has 0 spiro atoms. The van der Waals surface area contributed by atoms with Crippen molar-refractivity contribution in [1.82, 2.24) is 10.2 Å². The lowest BCUT2D eigenvalue weighted by Gasteiger charge is -2.40. The van der Waals surface area contributed by atoms with Gasteiger partial charge in [0.15, 0.2) is 6.29 Å². The second-order valence-electron chi connectivity index (χ2n) is 6.38. The van der Waals surface area contributed by atoms with Crippen molar-refractivity contribution in [1.29, 1.82) is 0 Å². The molecule has 0 bridgehead atoms. The molecule has 5 N–H and O–H groups in total. The van der Waals surface area contributed by atoms with Crippen LogP contribution in [0.1, 0.15) is 27.1 Å². The van der Waals surface area contributed by atoms with Gasteiger partial charge in [0.05, 0.1) is 17.7 Å². The predicted octanol–water partition coefficient (Wildman–Crippen LogP) is -2.41. The van der Waals surface area contributed by atoms with Crippen molar-refractivity contribution < 1.29 is 39.5 Å². The molecule has 5 unspecified atom stereocenters. The third kappa shape index (κ3) is 3.57. The van der Waals surface area contributed by atoms with Crippen molar-refractivity contribution >= 4 is 17.7 Å². The van der Waals surface area contributed by atoms with E-state index < -0.39 is 55.0 Å². The largest absolute Gasteiger partial charge is 0.394 e. The summed E-state index contributed by atoms with van der Waals surface area (Å²) in [5.74, 6) is -1.65. The van der Waals surface area contributed by atoms with Crippen LogP contribution in [0.3, 0.4) is 0 Å². The summed E-state index contributed by atoms with van der Waals surface area (Å²) in [5, 5.41) is 41.0. The van der Waals surface area contributed by atoms with Crippen molar-refractivity contribution in [3.05, 3.63) is 35.4 Å². The first kappa shape index (κ1) is 19.4. The molecule has 5 atom stereocenters. The van der Waals surface area contributed by atoms with Crippen LogP contribution in [0.5, 0.6) is 0 Å².